The van der Waals surface area contributed by atoms with Crippen LogP contribution in [0.1, 0.15) is 19.4 Å². The molecule has 1 aromatic rings. The van der Waals surface area contributed by atoms with Gasteiger partial charge in [-0.25, -0.2) is 0 Å². The maximum atomic E-state index is 11.8. The Morgan fingerprint density at radius 1 is 1.44 bits per heavy atom. The zero-order valence-corrected chi connectivity index (χ0v) is 11.8. The van der Waals surface area contributed by atoms with Crippen molar-refractivity contribution in [2.45, 2.75) is 25.6 Å². The molecule has 0 aromatic heterocycles. The highest BCUT2D eigenvalue weighted by molar-refractivity contribution is 7.83. The Labute approximate surface area is 110 Å². The fourth-order valence-corrected chi connectivity index (χ4v) is 2.15. The van der Waals surface area contributed by atoms with Gasteiger partial charge in [-0.2, -0.15) is 0 Å². The number of amides is 1. The molecule has 1 amide bonds. The predicted octanol–water partition coefficient (Wildman–Crippen LogP) is 1.49. The summed E-state index contributed by atoms with van der Waals surface area (Å²) in [5.74, 6) is 0.385. The van der Waals surface area contributed by atoms with Crippen LogP contribution in [0.5, 0.6) is 0 Å². The Kier molecular flexibility index (Phi) is 5.50. The van der Waals surface area contributed by atoms with E-state index in [0.29, 0.717) is 11.4 Å². The lowest BCUT2D eigenvalue weighted by molar-refractivity contribution is -0.118. The van der Waals surface area contributed by atoms with Crippen molar-refractivity contribution in [3.05, 3.63) is 29.8 Å². The molecule has 0 fully saturated rings. The molecule has 0 bridgehead atoms. The minimum atomic E-state index is -0.891. The van der Waals surface area contributed by atoms with E-state index in [0.717, 1.165) is 5.56 Å². The largest absolute Gasteiger partial charge is 0.325 e. The van der Waals surface area contributed by atoms with Gasteiger partial charge in [0.1, 0.15) is 0 Å². The van der Waals surface area contributed by atoms with E-state index in [1.165, 1.54) is 0 Å². The summed E-state index contributed by atoms with van der Waals surface area (Å²) >= 11 is 0. The summed E-state index contributed by atoms with van der Waals surface area (Å²) in [6, 6.07) is 6.83. The smallest absolute Gasteiger partial charge is 0.241 e. The first-order valence-electron chi connectivity index (χ1n) is 5.85. The lowest BCUT2D eigenvalue weighted by Gasteiger charge is -2.15. The zero-order valence-electron chi connectivity index (χ0n) is 11.0. The number of hydrogen-bond acceptors (Lipinski definition) is 3. The SMILES string of the molecule is CC(C)[C@H](N)C(=O)Nc1cccc(CS(C)=O)c1. The van der Waals surface area contributed by atoms with Crippen molar-refractivity contribution in [2.75, 3.05) is 11.6 Å². The van der Waals surface area contributed by atoms with Crippen molar-refractivity contribution in [1.82, 2.24) is 0 Å². The van der Waals surface area contributed by atoms with E-state index in [2.05, 4.69) is 5.32 Å². The molecule has 1 unspecified atom stereocenters. The van der Waals surface area contributed by atoms with Crippen LogP contribution >= 0.6 is 0 Å². The highest BCUT2D eigenvalue weighted by Gasteiger charge is 2.17. The molecule has 18 heavy (non-hydrogen) atoms. The Bertz CT molecular complexity index is 446. The van der Waals surface area contributed by atoms with E-state index in [-0.39, 0.29) is 11.8 Å². The number of rotatable bonds is 5. The molecule has 0 saturated carbocycles. The fraction of sp³-hybridized carbons (Fsp3) is 0.462. The number of anilines is 1. The third-order valence-corrected chi connectivity index (χ3v) is 3.33. The number of hydrogen-bond donors (Lipinski definition) is 2. The molecule has 1 aromatic carbocycles. The van der Waals surface area contributed by atoms with Gasteiger partial charge in [-0.15, -0.1) is 0 Å². The van der Waals surface area contributed by atoms with E-state index in [1.54, 1.807) is 12.3 Å². The highest BCUT2D eigenvalue weighted by atomic mass is 32.2. The maximum Gasteiger partial charge on any atom is 0.241 e. The van der Waals surface area contributed by atoms with Crippen LogP contribution < -0.4 is 11.1 Å². The summed E-state index contributed by atoms with van der Waals surface area (Å²) < 4.78 is 11.1. The third-order valence-electron chi connectivity index (χ3n) is 2.59. The number of carbonyl (C=O) groups excluding carboxylic acids is 1. The van der Waals surface area contributed by atoms with Crippen LogP contribution in [0, 0.1) is 5.92 Å². The Hall–Kier alpha value is -1.20. The first kappa shape index (κ1) is 14.9. The molecule has 5 heteroatoms. The third kappa shape index (κ3) is 4.58. The van der Waals surface area contributed by atoms with Crippen molar-refractivity contribution in [3.63, 3.8) is 0 Å². The number of nitrogens with one attached hydrogen (secondary N) is 1. The first-order valence-corrected chi connectivity index (χ1v) is 7.58. The number of benzene rings is 1. The Morgan fingerprint density at radius 3 is 2.67 bits per heavy atom. The summed E-state index contributed by atoms with van der Waals surface area (Å²) in [5, 5.41) is 2.77. The molecule has 100 valence electrons. The van der Waals surface area contributed by atoms with E-state index in [9.17, 15) is 9.00 Å². The molecule has 4 nitrogen and oxygen atoms in total. The van der Waals surface area contributed by atoms with Gasteiger partial charge in [-0.1, -0.05) is 26.0 Å². The second-order valence-corrected chi connectivity index (χ2v) is 6.11. The summed E-state index contributed by atoms with van der Waals surface area (Å²) in [6.07, 6.45) is 1.65. The summed E-state index contributed by atoms with van der Waals surface area (Å²) in [4.78, 5) is 11.8. The molecule has 0 aliphatic rings. The van der Waals surface area contributed by atoms with Gasteiger partial charge in [0.05, 0.1) is 6.04 Å². The average Bonchev–Trinajstić information content (AvgIpc) is 2.27. The van der Waals surface area contributed by atoms with Gasteiger partial charge in [-0.3, -0.25) is 9.00 Å². The topological polar surface area (TPSA) is 72.2 Å². The van der Waals surface area contributed by atoms with Crippen LogP contribution in [0.4, 0.5) is 5.69 Å². The summed E-state index contributed by atoms with van der Waals surface area (Å²) in [5.41, 5.74) is 7.40. The van der Waals surface area contributed by atoms with Crippen LogP contribution in [0.3, 0.4) is 0 Å². The Morgan fingerprint density at radius 2 is 2.11 bits per heavy atom. The van der Waals surface area contributed by atoms with Crippen LogP contribution in [-0.2, 0) is 21.3 Å². The van der Waals surface area contributed by atoms with Crippen LogP contribution in [-0.4, -0.2) is 22.4 Å². The predicted molar refractivity (Wildman–Crippen MR) is 75.7 cm³/mol. The van der Waals surface area contributed by atoms with E-state index >= 15 is 0 Å². The molecule has 0 radical (unpaired) electrons. The van der Waals surface area contributed by atoms with Gasteiger partial charge < -0.3 is 11.1 Å². The minimum absolute atomic E-state index is 0.0938. The first-order chi connectivity index (χ1) is 8.40. The maximum absolute atomic E-state index is 11.8. The van der Waals surface area contributed by atoms with Crippen LogP contribution in [0.15, 0.2) is 24.3 Å². The van der Waals surface area contributed by atoms with E-state index in [4.69, 9.17) is 5.73 Å². The molecule has 2 atom stereocenters. The molecule has 0 saturated heterocycles. The zero-order chi connectivity index (χ0) is 13.7. The van der Waals surface area contributed by atoms with Gasteiger partial charge in [0, 0.05) is 28.5 Å². The van der Waals surface area contributed by atoms with Gasteiger partial charge in [0.2, 0.25) is 5.91 Å². The van der Waals surface area contributed by atoms with Gasteiger partial charge >= 0.3 is 0 Å². The molecular weight excluding hydrogens is 248 g/mol. The van der Waals surface area contributed by atoms with Crippen molar-refractivity contribution in [1.29, 1.82) is 0 Å². The average molecular weight is 268 g/mol. The summed E-state index contributed by atoms with van der Waals surface area (Å²) in [7, 11) is -0.891. The number of carbonyl (C=O) groups is 1. The lowest BCUT2D eigenvalue weighted by Crippen LogP contribution is -2.39. The minimum Gasteiger partial charge on any atom is -0.325 e. The van der Waals surface area contributed by atoms with Gasteiger partial charge in [0.25, 0.3) is 0 Å². The van der Waals surface area contributed by atoms with Crippen molar-refractivity contribution in [2.24, 2.45) is 11.7 Å². The summed E-state index contributed by atoms with van der Waals surface area (Å²) in [6.45, 7) is 3.81. The van der Waals surface area contributed by atoms with Crippen molar-refractivity contribution < 1.29 is 9.00 Å². The molecule has 0 aliphatic carbocycles. The van der Waals surface area contributed by atoms with Crippen molar-refractivity contribution >= 4 is 22.4 Å². The monoisotopic (exact) mass is 268 g/mol. The molecule has 0 heterocycles. The lowest BCUT2D eigenvalue weighted by atomic mass is 10.0. The second kappa shape index (κ2) is 6.66. The molecular formula is C13H20N2O2S. The second-order valence-electron chi connectivity index (χ2n) is 4.68. The molecule has 0 spiro atoms. The quantitative estimate of drug-likeness (QED) is 0.849. The standard InChI is InChI=1S/C13H20N2O2S/c1-9(2)12(14)13(16)15-11-6-4-5-10(7-11)8-18(3)17/h4-7,9,12H,8,14H2,1-3H3,(H,15,16)/t12-,18?/m0/s1. The highest BCUT2D eigenvalue weighted by Crippen LogP contribution is 2.13. The van der Waals surface area contributed by atoms with Gasteiger partial charge in [-0.05, 0) is 23.6 Å². The number of nitrogens with two attached hydrogens (primary N) is 1. The Balaban J connectivity index is 2.73. The van der Waals surface area contributed by atoms with Gasteiger partial charge in [0.15, 0.2) is 0 Å². The van der Waals surface area contributed by atoms with E-state index in [1.807, 2.05) is 32.0 Å². The molecule has 0 aliphatic heterocycles. The van der Waals surface area contributed by atoms with Crippen molar-refractivity contribution in [3.8, 4) is 0 Å². The van der Waals surface area contributed by atoms with Crippen LogP contribution in [0.25, 0.3) is 0 Å². The van der Waals surface area contributed by atoms with E-state index < -0.39 is 16.8 Å². The van der Waals surface area contributed by atoms with Crippen LogP contribution in [0.2, 0.25) is 0 Å². The normalized spacial score (nSPS) is 14.3. The molecule has 1 rings (SSSR count). The molecule has 3 N–H and O–H groups in total. The fourth-order valence-electron chi connectivity index (χ4n) is 1.50.